The summed E-state index contributed by atoms with van der Waals surface area (Å²) in [5.41, 5.74) is 1.27. The second kappa shape index (κ2) is 3.09. The van der Waals surface area contributed by atoms with Gasteiger partial charge in [0.1, 0.15) is 0 Å². The molecule has 0 atom stereocenters. The third-order valence-electron chi connectivity index (χ3n) is 2.21. The van der Waals surface area contributed by atoms with Crippen LogP contribution in [0.1, 0.15) is 22.3 Å². The van der Waals surface area contributed by atoms with Crippen molar-refractivity contribution in [3.63, 3.8) is 0 Å². The largest absolute Gasteiger partial charge is 0.504 e. The molecule has 0 radical (unpaired) electrons. The summed E-state index contributed by atoms with van der Waals surface area (Å²) in [7, 11) is 0. The van der Waals surface area contributed by atoms with Crippen LogP contribution < -0.4 is 4.74 Å². The second-order valence-electron chi connectivity index (χ2n) is 3.06. The quantitative estimate of drug-likeness (QED) is 0.663. The highest BCUT2D eigenvalue weighted by atomic mass is 16.5. The molecule has 1 aliphatic rings. The zero-order valence-electron chi connectivity index (χ0n) is 7.12. The molecule has 1 aromatic rings. The van der Waals surface area contributed by atoms with Gasteiger partial charge in [-0.05, 0) is 24.5 Å². The standard InChI is InChI=1S/C10H10O3/c11-6-8-4-3-7-2-1-5-13-10(7)9(8)12/h3-4,6,12H,1-2,5H2. The minimum Gasteiger partial charge on any atom is -0.504 e. The Hall–Kier alpha value is -1.51. The Kier molecular flexibility index (Phi) is 1.93. The van der Waals surface area contributed by atoms with Crippen LogP contribution in [0.2, 0.25) is 0 Å². The first-order valence-corrected chi connectivity index (χ1v) is 4.26. The van der Waals surface area contributed by atoms with Gasteiger partial charge in [0.05, 0.1) is 12.2 Å². The maximum atomic E-state index is 10.5. The van der Waals surface area contributed by atoms with E-state index in [1.165, 1.54) is 0 Å². The number of phenolic OH excluding ortho intramolecular Hbond substituents is 1. The van der Waals surface area contributed by atoms with Crippen LogP contribution in [0.25, 0.3) is 0 Å². The van der Waals surface area contributed by atoms with Crippen molar-refractivity contribution >= 4 is 6.29 Å². The maximum absolute atomic E-state index is 10.5. The Morgan fingerprint density at radius 3 is 3.08 bits per heavy atom. The minimum absolute atomic E-state index is 0.0211. The van der Waals surface area contributed by atoms with E-state index in [2.05, 4.69) is 0 Å². The molecule has 1 N–H and O–H groups in total. The number of aromatic hydroxyl groups is 1. The molecular formula is C10H10O3. The summed E-state index contributed by atoms with van der Waals surface area (Å²) in [6, 6.07) is 3.45. The molecule has 0 saturated heterocycles. The Morgan fingerprint density at radius 2 is 2.31 bits per heavy atom. The molecule has 2 rings (SSSR count). The Balaban J connectivity index is 2.54. The first-order valence-electron chi connectivity index (χ1n) is 4.26. The van der Waals surface area contributed by atoms with Gasteiger partial charge in [-0.1, -0.05) is 6.07 Å². The maximum Gasteiger partial charge on any atom is 0.168 e. The summed E-state index contributed by atoms with van der Waals surface area (Å²) < 4.78 is 5.29. The molecule has 1 aliphatic heterocycles. The topological polar surface area (TPSA) is 46.5 Å². The van der Waals surface area contributed by atoms with Gasteiger partial charge in [0.2, 0.25) is 0 Å². The van der Waals surface area contributed by atoms with Crippen LogP contribution in [0, 0.1) is 0 Å². The summed E-state index contributed by atoms with van der Waals surface area (Å²) in [5.74, 6) is 0.461. The van der Waals surface area contributed by atoms with Crippen LogP contribution in [-0.4, -0.2) is 18.0 Å². The number of aryl methyl sites for hydroxylation is 1. The van der Waals surface area contributed by atoms with Gasteiger partial charge < -0.3 is 9.84 Å². The first-order chi connectivity index (χ1) is 6.33. The van der Waals surface area contributed by atoms with E-state index in [9.17, 15) is 9.90 Å². The molecule has 68 valence electrons. The molecule has 0 aromatic heterocycles. The number of fused-ring (bicyclic) bond motifs is 1. The highest BCUT2D eigenvalue weighted by molar-refractivity contribution is 5.81. The van der Waals surface area contributed by atoms with Crippen molar-refractivity contribution in [2.45, 2.75) is 12.8 Å². The van der Waals surface area contributed by atoms with Crippen molar-refractivity contribution < 1.29 is 14.6 Å². The number of ether oxygens (including phenoxy) is 1. The molecule has 3 heteroatoms. The van der Waals surface area contributed by atoms with Crippen molar-refractivity contribution in [3.8, 4) is 11.5 Å². The average molecular weight is 178 g/mol. The zero-order valence-corrected chi connectivity index (χ0v) is 7.12. The van der Waals surface area contributed by atoms with E-state index in [4.69, 9.17) is 4.74 Å². The Labute approximate surface area is 76.0 Å². The molecule has 3 nitrogen and oxygen atoms in total. The van der Waals surface area contributed by atoms with Crippen molar-refractivity contribution in [1.82, 2.24) is 0 Å². The van der Waals surface area contributed by atoms with E-state index in [0.29, 0.717) is 24.2 Å². The lowest BCUT2D eigenvalue weighted by Gasteiger charge is -2.18. The van der Waals surface area contributed by atoms with Gasteiger partial charge in [-0.25, -0.2) is 0 Å². The van der Waals surface area contributed by atoms with Crippen molar-refractivity contribution in [1.29, 1.82) is 0 Å². The fourth-order valence-electron chi connectivity index (χ4n) is 1.52. The van der Waals surface area contributed by atoms with Crippen LogP contribution in [0.15, 0.2) is 12.1 Å². The molecule has 1 heterocycles. The van der Waals surface area contributed by atoms with Gasteiger partial charge in [0, 0.05) is 0 Å². The molecule has 1 aromatic carbocycles. The monoisotopic (exact) mass is 178 g/mol. The molecule has 13 heavy (non-hydrogen) atoms. The van der Waals surface area contributed by atoms with E-state index < -0.39 is 0 Å². The molecule has 0 spiro atoms. The lowest BCUT2D eigenvalue weighted by Crippen LogP contribution is -2.08. The number of benzene rings is 1. The number of hydrogen-bond donors (Lipinski definition) is 1. The zero-order chi connectivity index (χ0) is 9.26. The van der Waals surface area contributed by atoms with E-state index in [1.54, 1.807) is 6.07 Å². The number of carbonyl (C=O) groups excluding carboxylic acids is 1. The lowest BCUT2D eigenvalue weighted by atomic mass is 10.0. The van der Waals surface area contributed by atoms with Crippen molar-refractivity contribution in [2.75, 3.05) is 6.61 Å². The highest BCUT2D eigenvalue weighted by Gasteiger charge is 2.16. The van der Waals surface area contributed by atoms with Crippen LogP contribution in [0.3, 0.4) is 0 Å². The van der Waals surface area contributed by atoms with Crippen LogP contribution in [-0.2, 0) is 6.42 Å². The third kappa shape index (κ3) is 1.26. The van der Waals surface area contributed by atoms with Gasteiger partial charge in [-0.2, -0.15) is 0 Å². The second-order valence-corrected chi connectivity index (χ2v) is 3.06. The normalized spacial score (nSPS) is 14.5. The van der Waals surface area contributed by atoms with E-state index >= 15 is 0 Å². The molecule has 0 saturated carbocycles. The number of rotatable bonds is 1. The van der Waals surface area contributed by atoms with Crippen molar-refractivity contribution in [2.24, 2.45) is 0 Å². The predicted octanol–water partition coefficient (Wildman–Crippen LogP) is 1.53. The van der Waals surface area contributed by atoms with Crippen LogP contribution in [0.5, 0.6) is 11.5 Å². The molecule has 0 amide bonds. The van der Waals surface area contributed by atoms with Gasteiger partial charge in [-0.3, -0.25) is 4.79 Å². The van der Waals surface area contributed by atoms with Crippen LogP contribution >= 0.6 is 0 Å². The molecule has 0 aliphatic carbocycles. The van der Waals surface area contributed by atoms with Crippen molar-refractivity contribution in [3.05, 3.63) is 23.3 Å². The van der Waals surface area contributed by atoms with E-state index in [-0.39, 0.29) is 5.75 Å². The summed E-state index contributed by atoms with van der Waals surface area (Å²) in [6.07, 6.45) is 2.50. The number of carbonyl (C=O) groups is 1. The molecule has 0 unspecified atom stereocenters. The fraction of sp³-hybridized carbons (Fsp3) is 0.300. The molecule has 0 fully saturated rings. The van der Waals surface area contributed by atoms with E-state index in [1.807, 2.05) is 6.07 Å². The smallest absolute Gasteiger partial charge is 0.168 e. The minimum atomic E-state index is -0.0211. The van der Waals surface area contributed by atoms with Gasteiger partial charge in [0.25, 0.3) is 0 Å². The Bertz CT molecular complexity index is 344. The number of aldehydes is 1. The summed E-state index contributed by atoms with van der Waals surface area (Å²) >= 11 is 0. The van der Waals surface area contributed by atoms with E-state index in [0.717, 1.165) is 18.4 Å². The lowest BCUT2D eigenvalue weighted by molar-refractivity contribution is 0.112. The highest BCUT2D eigenvalue weighted by Crippen LogP contribution is 2.35. The predicted molar refractivity (Wildman–Crippen MR) is 47.3 cm³/mol. The first kappa shape index (κ1) is 8.10. The van der Waals surface area contributed by atoms with Gasteiger partial charge in [-0.15, -0.1) is 0 Å². The summed E-state index contributed by atoms with van der Waals surface area (Å²) in [4.78, 5) is 10.5. The number of hydrogen-bond acceptors (Lipinski definition) is 3. The Morgan fingerprint density at radius 1 is 1.46 bits per heavy atom. The average Bonchev–Trinajstić information content (AvgIpc) is 2.19. The molecule has 0 bridgehead atoms. The molecular weight excluding hydrogens is 168 g/mol. The third-order valence-corrected chi connectivity index (χ3v) is 2.21. The summed E-state index contributed by atoms with van der Waals surface area (Å²) in [5, 5.41) is 9.58. The van der Waals surface area contributed by atoms with Crippen LogP contribution in [0.4, 0.5) is 0 Å². The fourth-order valence-corrected chi connectivity index (χ4v) is 1.52. The van der Waals surface area contributed by atoms with Gasteiger partial charge in [0.15, 0.2) is 17.8 Å². The van der Waals surface area contributed by atoms with Gasteiger partial charge >= 0.3 is 0 Å². The number of phenols is 1. The SMILES string of the molecule is O=Cc1ccc2c(c1O)OCCC2. The summed E-state index contributed by atoms with van der Waals surface area (Å²) in [6.45, 7) is 0.614.